The van der Waals surface area contributed by atoms with Crippen LogP contribution < -0.4 is 5.32 Å². The SMILES string of the molecule is C=C1CCCCCCCC1C(=O)NCCC[N+](C)(C)CC(=O)O. The predicted octanol–water partition coefficient (Wildman–Crippen LogP) is 2.57. The van der Waals surface area contributed by atoms with Crippen LogP contribution in [-0.2, 0) is 9.59 Å². The number of carbonyl (C=O) groups is 2. The molecule has 0 aromatic carbocycles. The van der Waals surface area contributed by atoms with Gasteiger partial charge in [0.25, 0.3) is 0 Å². The summed E-state index contributed by atoms with van der Waals surface area (Å²) in [5.74, 6) is -0.740. The number of nitrogens with zero attached hydrogens (tertiary/aromatic N) is 1. The molecule has 0 saturated heterocycles. The molecule has 1 rings (SSSR count). The average molecular weight is 325 g/mol. The lowest BCUT2D eigenvalue weighted by Gasteiger charge is -2.27. The first-order chi connectivity index (χ1) is 10.8. The molecule has 1 aliphatic rings. The summed E-state index contributed by atoms with van der Waals surface area (Å²) in [5.41, 5.74) is 1.08. The van der Waals surface area contributed by atoms with E-state index in [1.54, 1.807) is 0 Å². The van der Waals surface area contributed by atoms with Gasteiger partial charge in [0.1, 0.15) is 0 Å². The molecule has 5 nitrogen and oxygen atoms in total. The normalized spacial score (nSPS) is 20.3. The number of carboxylic acids is 1. The number of hydrogen-bond acceptors (Lipinski definition) is 2. The molecule has 0 aromatic heterocycles. The zero-order valence-electron chi connectivity index (χ0n) is 14.8. The number of aliphatic carboxylic acids is 1. The summed E-state index contributed by atoms with van der Waals surface area (Å²) in [5, 5.41) is 11.9. The maximum absolute atomic E-state index is 12.4. The number of nitrogens with one attached hydrogen (secondary N) is 1. The third kappa shape index (κ3) is 8.16. The Bertz CT molecular complexity index is 418. The minimum Gasteiger partial charge on any atom is -0.477 e. The van der Waals surface area contributed by atoms with Gasteiger partial charge in [0, 0.05) is 13.0 Å². The van der Waals surface area contributed by atoms with Crippen molar-refractivity contribution in [2.24, 2.45) is 5.92 Å². The number of likely N-dealkylation sites (N-methyl/N-ethyl adjacent to an activating group) is 1. The molecule has 1 saturated carbocycles. The Morgan fingerprint density at radius 2 is 1.87 bits per heavy atom. The van der Waals surface area contributed by atoms with E-state index in [1.807, 2.05) is 14.1 Å². The van der Waals surface area contributed by atoms with E-state index >= 15 is 0 Å². The number of carboxylic acid groups (broad SMARTS) is 1. The third-order valence-corrected chi connectivity index (χ3v) is 4.60. The maximum atomic E-state index is 12.4. The second-order valence-electron chi connectivity index (χ2n) is 7.37. The van der Waals surface area contributed by atoms with E-state index in [0.717, 1.165) is 44.2 Å². The fourth-order valence-electron chi connectivity index (χ4n) is 3.21. The van der Waals surface area contributed by atoms with Crippen LogP contribution >= 0.6 is 0 Å². The van der Waals surface area contributed by atoms with Gasteiger partial charge in [0.2, 0.25) is 5.91 Å². The van der Waals surface area contributed by atoms with Gasteiger partial charge in [-0.05, 0) is 19.3 Å². The van der Waals surface area contributed by atoms with Crippen LogP contribution in [0.25, 0.3) is 0 Å². The van der Waals surface area contributed by atoms with E-state index in [9.17, 15) is 9.59 Å². The summed E-state index contributed by atoms with van der Waals surface area (Å²) in [7, 11) is 3.80. The second-order valence-corrected chi connectivity index (χ2v) is 7.37. The van der Waals surface area contributed by atoms with Gasteiger partial charge >= 0.3 is 5.97 Å². The molecule has 1 aliphatic carbocycles. The van der Waals surface area contributed by atoms with Gasteiger partial charge in [-0.3, -0.25) is 4.79 Å². The van der Waals surface area contributed by atoms with Crippen LogP contribution in [0.15, 0.2) is 12.2 Å². The number of rotatable bonds is 7. The molecular formula is C18H33N2O3+. The summed E-state index contributed by atoms with van der Waals surface area (Å²) < 4.78 is 0.432. The highest BCUT2D eigenvalue weighted by molar-refractivity contribution is 5.81. The molecular weight excluding hydrogens is 292 g/mol. The third-order valence-electron chi connectivity index (χ3n) is 4.60. The van der Waals surface area contributed by atoms with Gasteiger partial charge in [-0.25, -0.2) is 4.79 Å². The van der Waals surface area contributed by atoms with Crippen LogP contribution in [0.4, 0.5) is 0 Å². The molecule has 0 heterocycles. The summed E-state index contributed by atoms with van der Waals surface area (Å²) in [6.45, 7) is 5.57. The first-order valence-electron chi connectivity index (χ1n) is 8.81. The lowest BCUT2D eigenvalue weighted by Crippen LogP contribution is -2.45. The monoisotopic (exact) mass is 325 g/mol. The molecule has 1 amide bonds. The molecule has 0 aliphatic heterocycles. The Labute approximate surface area is 140 Å². The Balaban J connectivity index is 2.36. The van der Waals surface area contributed by atoms with Crippen molar-refractivity contribution in [2.45, 2.75) is 51.4 Å². The van der Waals surface area contributed by atoms with Crippen LogP contribution in [0.5, 0.6) is 0 Å². The number of carbonyl (C=O) groups excluding carboxylic acids is 1. The van der Waals surface area contributed by atoms with Crippen molar-refractivity contribution >= 4 is 11.9 Å². The summed E-state index contributed by atoms with van der Waals surface area (Å²) in [6.07, 6.45) is 8.60. The molecule has 5 heteroatoms. The van der Waals surface area contributed by atoms with E-state index in [0.29, 0.717) is 11.0 Å². The summed E-state index contributed by atoms with van der Waals surface area (Å²) in [6, 6.07) is 0. The van der Waals surface area contributed by atoms with Gasteiger partial charge in [-0.15, -0.1) is 0 Å². The Morgan fingerprint density at radius 1 is 1.22 bits per heavy atom. The van der Waals surface area contributed by atoms with Crippen molar-refractivity contribution in [1.82, 2.24) is 5.32 Å². The van der Waals surface area contributed by atoms with Crippen LogP contribution in [0.1, 0.15) is 51.4 Å². The van der Waals surface area contributed by atoms with Crippen LogP contribution in [0.2, 0.25) is 0 Å². The summed E-state index contributed by atoms with van der Waals surface area (Å²) in [4.78, 5) is 23.2. The first kappa shape index (κ1) is 19.7. The topological polar surface area (TPSA) is 66.4 Å². The van der Waals surface area contributed by atoms with E-state index in [-0.39, 0.29) is 18.4 Å². The Morgan fingerprint density at radius 3 is 2.57 bits per heavy atom. The number of quaternary nitrogens is 1. The highest BCUT2D eigenvalue weighted by Gasteiger charge is 2.22. The zero-order valence-corrected chi connectivity index (χ0v) is 14.8. The van der Waals surface area contributed by atoms with Gasteiger partial charge in [-0.2, -0.15) is 0 Å². The van der Waals surface area contributed by atoms with Gasteiger partial charge in [0.15, 0.2) is 6.54 Å². The number of hydrogen-bond donors (Lipinski definition) is 2. The van der Waals surface area contributed by atoms with Crippen LogP contribution in [-0.4, -0.2) is 55.2 Å². The average Bonchev–Trinajstić information content (AvgIpc) is 2.54. The van der Waals surface area contributed by atoms with Crippen molar-refractivity contribution in [3.63, 3.8) is 0 Å². The highest BCUT2D eigenvalue weighted by atomic mass is 16.4. The molecule has 1 fully saturated rings. The summed E-state index contributed by atoms with van der Waals surface area (Å²) >= 11 is 0. The fourth-order valence-corrected chi connectivity index (χ4v) is 3.21. The van der Waals surface area contributed by atoms with E-state index in [4.69, 9.17) is 5.11 Å². The van der Waals surface area contributed by atoms with Crippen molar-refractivity contribution < 1.29 is 19.2 Å². The standard InChI is InChI=1S/C18H32N2O3/c1-15-10-7-5-4-6-8-11-16(15)18(23)19-12-9-13-20(2,3)14-17(21)22/h16H,1,4-14H2,2-3H3,(H-,19,21,22,23)/p+1. The van der Waals surface area contributed by atoms with Gasteiger partial charge < -0.3 is 14.9 Å². The largest absolute Gasteiger partial charge is 0.477 e. The lowest BCUT2D eigenvalue weighted by molar-refractivity contribution is -0.883. The van der Waals surface area contributed by atoms with E-state index < -0.39 is 5.97 Å². The minimum atomic E-state index is -0.791. The lowest BCUT2D eigenvalue weighted by atomic mass is 9.91. The van der Waals surface area contributed by atoms with Crippen molar-refractivity contribution in [3.05, 3.63) is 12.2 Å². The highest BCUT2D eigenvalue weighted by Crippen LogP contribution is 2.25. The molecule has 23 heavy (non-hydrogen) atoms. The van der Waals surface area contributed by atoms with Crippen molar-refractivity contribution in [3.8, 4) is 0 Å². The Hall–Kier alpha value is -1.36. The molecule has 0 radical (unpaired) electrons. The van der Waals surface area contributed by atoms with Crippen LogP contribution in [0.3, 0.4) is 0 Å². The molecule has 1 atom stereocenters. The first-order valence-corrected chi connectivity index (χ1v) is 8.81. The Kier molecular flexibility index (Phi) is 8.31. The molecule has 1 unspecified atom stereocenters. The second kappa shape index (κ2) is 9.71. The van der Waals surface area contributed by atoms with E-state index in [1.165, 1.54) is 19.3 Å². The van der Waals surface area contributed by atoms with Crippen molar-refractivity contribution in [1.29, 1.82) is 0 Å². The van der Waals surface area contributed by atoms with Crippen LogP contribution in [0, 0.1) is 5.92 Å². The van der Waals surface area contributed by atoms with E-state index in [2.05, 4.69) is 11.9 Å². The molecule has 132 valence electrons. The predicted molar refractivity (Wildman–Crippen MR) is 92.1 cm³/mol. The zero-order chi connectivity index (χ0) is 17.3. The number of amides is 1. The minimum absolute atomic E-state index is 0.0466. The molecule has 0 aromatic rings. The molecule has 0 bridgehead atoms. The fraction of sp³-hybridized carbons (Fsp3) is 0.778. The van der Waals surface area contributed by atoms with Gasteiger partial charge in [0.05, 0.1) is 26.6 Å². The smallest absolute Gasteiger partial charge is 0.359 e. The van der Waals surface area contributed by atoms with Crippen molar-refractivity contribution in [2.75, 3.05) is 33.7 Å². The van der Waals surface area contributed by atoms with Gasteiger partial charge in [-0.1, -0.05) is 37.8 Å². The molecule has 0 spiro atoms. The quantitative estimate of drug-likeness (QED) is 0.429. The molecule has 2 N–H and O–H groups in total. The maximum Gasteiger partial charge on any atom is 0.359 e.